The molecule has 0 radical (unpaired) electrons. The number of benzene rings is 1. The molecular weight excluding hydrogens is 268 g/mol. The first-order valence-corrected chi connectivity index (χ1v) is 7.30. The van der Waals surface area contributed by atoms with Crippen molar-refractivity contribution in [3.63, 3.8) is 0 Å². The van der Waals surface area contributed by atoms with Gasteiger partial charge in [0.05, 0.1) is 11.1 Å². The number of rotatable bonds is 5. The zero-order valence-corrected chi connectivity index (χ0v) is 12.0. The lowest BCUT2D eigenvalue weighted by atomic mass is 10.2. The normalized spacial score (nSPS) is 13.4. The van der Waals surface area contributed by atoms with E-state index in [0.29, 0.717) is 10.3 Å². The monoisotopic (exact) mass is 284 g/mol. The van der Waals surface area contributed by atoms with Crippen LogP contribution in [0.2, 0.25) is 5.02 Å². The Kier molecular flexibility index (Phi) is 4.56. The molecule has 2 aromatic rings. The van der Waals surface area contributed by atoms with Gasteiger partial charge in [0.2, 0.25) is 0 Å². The average molecular weight is 285 g/mol. The van der Waals surface area contributed by atoms with E-state index in [2.05, 4.69) is 19.3 Å². The molecule has 1 atom stereocenters. The summed E-state index contributed by atoms with van der Waals surface area (Å²) in [6, 6.07) is 7.72. The second-order valence-electron chi connectivity index (χ2n) is 4.41. The number of halogens is 1. The molecule has 0 amide bonds. The molecule has 0 bridgehead atoms. The van der Waals surface area contributed by atoms with Gasteiger partial charge in [-0.3, -0.25) is 5.84 Å². The predicted octanol–water partition coefficient (Wildman–Crippen LogP) is 3.73. The summed E-state index contributed by atoms with van der Waals surface area (Å²) in [5.74, 6) is 7.29. The van der Waals surface area contributed by atoms with Crippen molar-refractivity contribution in [2.75, 3.05) is 5.75 Å². The fourth-order valence-corrected chi connectivity index (χ4v) is 2.78. The van der Waals surface area contributed by atoms with E-state index >= 15 is 0 Å². The minimum atomic E-state index is 0.000802. The number of hydrogen-bond donors (Lipinski definition) is 2. The van der Waals surface area contributed by atoms with Gasteiger partial charge in [-0.25, -0.2) is 5.43 Å². The van der Waals surface area contributed by atoms with Crippen LogP contribution in [0.25, 0.3) is 11.0 Å². The molecule has 1 aromatic carbocycles. The first-order valence-electron chi connectivity index (χ1n) is 5.87. The van der Waals surface area contributed by atoms with Crippen LogP contribution in [-0.2, 0) is 0 Å². The van der Waals surface area contributed by atoms with Gasteiger partial charge in [-0.15, -0.1) is 0 Å². The summed E-state index contributed by atoms with van der Waals surface area (Å²) in [5.41, 5.74) is 3.52. The number of hydrazine groups is 1. The Morgan fingerprint density at radius 1 is 1.44 bits per heavy atom. The highest BCUT2D eigenvalue weighted by Gasteiger charge is 2.16. The molecular formula is C13H17ClN2OS. The minimum Gasteiger partial charge on any atom is -0.458 e. The SMILES string of the molecule is CC(C)SCC(NN)c1cc2cccc(Cl)c2o1. The van der Waals surface area contributed by atoms with Gasteiger partial charge >= 0.3 is 0 Å². The van der Waals surface area contributed by atoms with Crippen molar-refractivity contribution in [3.8, 4) is 0 Å². The van der Waals surface area contributed by atoms with Crippen LogP contribution in [0.4, 0.5) is 0 Å². The second kappa shape index (κ2) is 5.97. The van der Waals surface area contributed by atoms with Gasteiger partial charge in [0, 0.05) is 11.1 Å². The zero-order chi connectivity index (χ0) is 13.1. The Labute approximate surface area is 116 Å². The van der Waals surface area contributed by atoms with Crippen LogP contribution < -0.4 is 11.3 Å². The number of furan rings is 1. The Morgan fingerprint density at radius 2 is 2.22 bits per heavy atom. The zero-order valence-electron chi connectivity index (χ0n) is 10.4. The fourth-order valence-electron chi connectivity index (χ4n) is 1.72. The molecule has 3 N–H and O–H groups in total. The van der Waals surface area contributed by atoms with E-state index in [1.54, 1.807) is 0 Å². The highest BCUT2D eigenvalue weighted by molar-refractivity contribution is 7.99. The van der Waals surface area contributed by atoms with Gasteiger partial charge in [-0.2, -0.15) is 11.8 Å². The van der Waals surface area contributed by atoms with Crippen molar-refractivity contribution in [2.45, 2.75) is 25.1 Å². The molecule has 5 heteroatoms. The lowest BCUT2D eigenvalue weighted by Gasteiger charge is -2.14. The maximum atomic E-state index is 6.10. The van der Waals surface area contributed by atoms with Crippen molar-refractivity contribution in [3.05, 3.63) is 35.0 Å². The molecule has 3 nitrogen and oxygen atoms in total. The predicted molar refractivity (Wildman–Crippen MR) is 78.9 cm³/mol. The van der Waals surface area contributed by atoms with E-state index in [9.17, 15) is 0 Å². The van der Waals surface area contributed by atoms with Crippen LogP contribution in [0.5, 0.6) is 0 Å². The van der Waals surface area contributed by atoms with Crippen LogP contribution >= 0.6 is 23.4 Å². The first-order chi connectivity index (χ1) is 8.61. The smallest absolute Gasteiger partial charge is 0.152 e. The lowest BCUT2D eigenvalue weighted by molar-refractivity contribution is 0.463. The Bertz CT molecular complexity index is 527. The number of para-hydroxylation sites is 1. The lowest BCUT2D eigenvalue weighted by Crippen LogP contribution is -2.29. The standard InChI is InChI=1S/C13H17ClN2OS/c1-8(2)18-7-11(16-15)12-6-9-4-3-5-10(14)13(9)17-12/h3-6,8,11,16H,7,15H2,1-2H3. The summed E-state index contributed by atoms with van der Waals surface area (Å²) in [7, 11) is 0. The molecule has 98 valence electrons. The maximum Gasteiger partial charge on any atom is 0.152 e. The maximum absolute atomic E-state index is 6.10. The highest BCUT2D eigenvalue weighted by Crippen LogP contribution is 2.30. The van der Waals surface area contributed by atoms with Crippen molar-refractivity contribution >= 4 is 34.3 Å². The number of nitrogens with two attached hydrogens (primary N) is 1. The van der Waals surface area contributed by atoms with Crippen molar-refractivity contribution in [1.29, 1.82) is 0 Å². The third-order valence-corrected chi connectivity index (χ3v) is 4.15. The summed E-state index contributed by atoms with van der Waals surface area (Å²) in [4.78, 5) is 0. The third kappa shape index (κ3) is 3.01. The molecule has 0 saturated heterocycles. The molecule has 0 aliphatic carbocycles. The third-order valence-electron chi connectivity index (χ3n) is 2.66. The molecule has 1 aromatic heterocycles. The van der Waals surface area contributed by atoms with Gasteiger partial charge in [0.15, 0.2) is 5.58 Å². The number of hydrogen-bond acceptors (Lipinski definition) is 4. The highest BCUT2D eigenvalue weighted by atomic mass is 35.5. The quantitative estimate of drug-likeness (QED) is 0.649. The first kappa shape index (κ1) is 13.7. The molecule has 1 unspecified atom stereocenters. The summed E-state index contributed by atoms with van der Waals surface area (Å²) >= 11 is 7.93. The van der Waals surface area contributed by atoms with Gasteiger partial charge in [-0.05, 0) is 17.4 Å². The van der Waals surface area contributed by atoms with Gasteiger partial charge < -0.3 is 4.42 Å². The Balaban J connectivity index is 2.25. The Morgan fingerprint density at radius 3 is 2.83 bits per heavy atom. The second-order valence-corrected chi connectivity index (χ2v) is 6.42. The van der Waals surface area contributed by atoms with Crippen LogP contribution in [-0.4, -0.2) is 11.0 Å². The van der Waals surface area contributed by atoms with E-state index < -0.39 is 0 Å². The van der Waals surface area contributed by atoms with Crippen LogP contribution in [0.1, 0.15) is 25.6 Å². The van der Waals surface area contributed by atoms with E-state index in [1.807, 2.05) is 36.0 Å². The fraction of sp³-hybridized carbons (Fsp3) is 0.385. The van der Waals surface area contributed by atoms with Gasteiger partial charge in [0.25, 0.3) is 0 Å². The van der Waals surface area contributed by atoms with E-state index in [-0.39, 0.29) is 6.04 Å². The molecule has 0 fully saturated rings. The molecule has 0 aliphatic rings. The summed E-state index contributed by atoms with van der Waals surface area (Å²) in [6.07, 6.45) is 0. The number of thioether (sulfide) groups is 1. The number of fused-ring (bicyclic) bond motifs is 1. The largest absolute Gasteiger partial charge is 0.458 e. The topological polar surface area (TPSA) is 51.2 Å². The molecule has 18 heavy (non-hydrogen) atoms. The molecule has 0 spiro atoms. The van der Waals surface area contributed by atoms with Crippen molar-refractivity contribution in [2.24, 2.45) is 5.84 Å². The van der Waals surface area contributed by atoms with Gasteiger partial charge in [-0.1, -0.05) is 37.6 Å². The minimum absolute atomic E-state index is 0.000802. The van der Waals surface area contributed by atoms with Crippen molar-refractivity contribution in [1.82, 2.24) is 5.43 Å². The van der Waals surface area contributed by atoms with Crippen molar-refractivity contribution < 1.29 is 4.42 Å². The van der Waals surface area contributed by atoms with Crippen LogP contribution in [0.15, 0.2) is 28.7 Å². The van der Waals surface area contributed by atoms with Crippen LogP contribution in [0, 0.1) is 0 Å². The summed E-state index contributed by atoms with van der Waals surface area (Å²) in [5, 5.41) is 2.20. The Hall–Kier alpha value is -0.680. The summed E-state index contributed by atoms with van der Waals surface area (Å²) < 4.78 is 5.80. The van der Waals surface area contributed by atoms with Gasteiger partial charge in [0.1, 0.15) is 5.76 Å². The molecule has 2 rings (SSSR count). The van der Waals surface area contributed by atoms with E-state index in [0.717, 1.165) is 22.5 Å². The van der Waals surface area contributed by atoms with E-state index in [4.69, 9.17) is 21.9 Å². The molecule has 1 heterocycles. The summed E-state index contributed by atoms with van der Waals surface area (Å²) in [6.45, 7) is 4.32. The van der Waals surface area contributed by atoms with Crippen LogP contribution in [0.3, 0.4) is 0 Å². The molecule has 0 aliphatic heterocycles. The van der Waals surface area contributed by atoms with E-state index in [1.165, 1.54) is 0 Å². The average Bonchev–Trinajstić information content (AvgIpc) is 2.75. The molecule has 0 saturated carbocycles. The number of nitrogens with one attached hydrogen (secondary N) is 1.